The standard InChI is InChI=1S/C23H32N4O/c1-24-23(27-15-14-19(17-27)18-10-6-5-7-11-18)25-16-21(26(2)3)20-12-8-9-13-22(20)28-4/h5-13,19,21H,14-17H2,1-4H3,(H,24,25). The molecule has 2 aromatic rings. The molecule has 1 heterocycles. The Morgan fingerprint density at radius 3 is 2.57 bits per heavy atom. The summed E-state index contributed by atoms with van der Waals surface area (Å²) in [7, 11) is 7.80. The zero-order valence-electron chi connectivity index (χ0n) is 17.4. The number of nitrogens with one attached hydrogen (secondary N) is 1. The highest BCUT2D eigenvalue weighted by Gasteiger charge is 2.27. The summed E-state index contributed by atoms with van der Waals surface area (Å²) in [5, 5.41) is 3.59. The van der Waals surface area contributed by atoms with Crippen LogP contribution in [0.5, 0.6) is 5.75 Å². The van der Waals surface area contributed by atoms with Gasteiger partial charge in [0.25, 0.3) is 0 Å². The molecule has 1 aliphatic heterocycles. The first-order valence-electron chi connectivity index (χ1n) is 9.94. The molecule has 5 heteroatoms. The van der Waals surface area contributed by atoms with Crippen molar-refractivity contribution < 1.29 is 4.74 Å². The van der Waals surface area contributed by atoms with Crippen molar-refractivity contribution in [1.82, 2.24) is 15.1 Å². The molecule has 2 aromatic carbocycles. The van der Waals surface area contributed by atoms with Gasteiger partial charge in [-0.05, 0) is 32.1 Å². The van der Waals surface area contributed by atoms with Gasteiger partial charge in [0.1, 0.15) is 5.75 Å². The third-order valence-corrected chi connectivity index (χ3v) is 5.55. The Labute approximate surface area is 169 Å². The topological polar surface area (TPSA) is 40.1 Å². The number of benzene rings is 2. The summed E-state index contributed by atoms with van der Waals surface area (Å²) < 4.78 is 5.58. The number of aliphatic imine (C=N–C) groups is 1. The van der Waals surface area contributed by atoms with Crippen LogP contribution in [0.15, 0.2) is 59.6 Å². The van der Waals surface area contributed by atoms with Gasteiger partial charge < -0.3 is 19.9 Å². The van der Waals surface area contributed by atoms with E-state index in [4.69, 9.17) is 4.74 Å². The van der Waals surface area contributed by atoms with Crippen molar-refractivity contribution in [3.05, 3.63) is 65.7 Å². The Bertz CT molecular complexity index is 775. The average Bonchev–Trinajstić information content (AvgIpc) is 3.22. The molecule has 1 N–H and O–H groups in total. The minimum Gasteiger partial charge on any atom is -0.496 e. The Kier molecular flexibility index (Phi) is 6.93. The Morgan fingerprint density at radius 2 is 1.89 bits per heavy atom. The summed E-state index contributed by atoms with van der Waals surface area (Å²) in [6.45, 7) is 2.80. The first-order chi connectivity index (χ1) is 13.6. The number of hydrogen-bond acceptors (Lipinski definition) is 3. The highest BCUT2D eigenvalue weighted by molar-refractivity contribution is 5.80. The molecular weight excluding hydrogens is 348 g/mol. The minimum absolute atomic E-state index is 0.195. The number of methoxy groups -OCH3 is 1. The van der Waals surface area contributed by atoms with Crippen LogP contribution in [0.2, 0.25) is 0 Å². The van der Waals surface area contributed by atoms with E-state index < -0.39 is 0 Å². The molecule has 0 amide bonds. The Balaban J connectivity index is 1.66. The van der Waals surface area contributed by atoms with Crippen LogP contribution in [0, 0.1) is 0 Å². The zero-order chi connectivity index (χ0) is 19.9. The maximum absolute atomic E-state index is 5.58. The quantitative estimate of drug-likeness (QED) is 0.616. The first-order valence-corrected chi connectivity index (χ1v) is 9.94. The maximum atomic E-state index is 5.58. The van der Waals surface area contributed by atoms with Gasteiger partial charge in [0.05, 0.1) is 13.2 Å². The molecule has 2 unspecified atom stereocenters. The van der Waals surface area contributed by atoms with Gasteiger partial charge in [0, 0.05) is 38.2 Å². The monoisotopic (exact) mass is 380 g/mol. The van der Waals surface area contributed by atoms with Crippen LogP contribution < -0.4 is 10.1 Å². The molecule has 1 saturated heterocycles. The summed E-state index contributed by atoms with van der Waals surface area (Å²) in [6.07, 6.45) is 1.16. The van der Waals surface area contributed by atoms with E-state index in [1.54, 1.807) is 7.11 Å². The number of ether oxygens (including phenoxy) is 1. The third kappa shape index (κ3) is 4.65. The van der Waals surface area contributed by atoms with Gasteiger partial charge in [0.15, 0.2) is 5.96 Å². The van der Waals surface area contributed by atoms with E-state index in [0.717, 1.165) is 37.8 Å². The van der Waals surface area contributed by atoms with E-state index in [9.17, 15) is 0 Å². The molecule has 2 atom stereocenters. The van der Waals surface area contributed by atoms with E-state index in [1.807, 2.05) is 19.2 Å². The fourth-order valence-corrected chi connectivity index (χ4v) is 3.98. The minimum atomic E-state index is 0.195. The van der Waals surface area contributed by atoms with Crippen LogP contribution in [-0.2, 0) is 0 Å². The van der Waals surface area contributed by atoms with Crippen molar-refractivity contribution in [3.8, 4) is 5.75 Å². The van der Waals surface area contributed by atoms with Gasteiger partial charge in [-0.2, -0.15) is 0 Å². The largest absolute Gasteiger partial charge is 0.496 e. The molecule has 1 aliphatic rings. The SMILES string of the molecule is CN=C(NCC(c1ccccc1OC)N(C)C)N1CCC(c2ccccc2)C1. The number of likely N-dealkylation sites (N-methyl/N-ethyl adjacent to an activating group) is 1. The molecular formula is C23H32N4O. The van der Waals surface area contributed by atoms with E-state index in [1.165, 1.54) is 11.1 Å². The van der Waals surface area contributed by atoms with Crippen LogP contribution in [0.4, 0.5) is 0 Å². The number of para-hydroxylation sites is 1. The second-order valence-corrected chi connectivity index (χ2v) is 7.49. The van der Waals surface area contributed by atoms with Gasteiger partial charge in [-0.15, -0.1) is 0 Å². The molecule has 5 nitrogen and oxygen atoms in total. The number of rotatable bonds is 6. The van der Waals surface area contributed by atoms with E-state index in [-0.39, 0.29) is 6.04 Å². The summed E-state index contributed by atoms with van der Waals surface area (Å²) in [5.74, 6) is 2.46. The highest BCUT2D eigenvalue weighted by Crippen LogP contribution is 2.29. The van der Waals surface area contributed by atoms with Gasteiger partial charge >= 0.3 is 0 Å². The number of guanidine groups is 1. The van der Waals surface area contributed by atoms with Gasteiger partial charge in [-0.25, -0.2) is 0 Å². The summed E-state index contributed by atoms with van der Waals surface area (Å²) in [4.78, 5) is 9.13. The summed E-state index contributed by atoms with van der Waals surface area (Å²) in [6, 6.07) is 19.2. The lowest BCUT2D eigenvalue weighted by molar-refractivity contribution is 0.285. The molecule has 0 aliphatic carbocycles. The lowest BCUT2D eigenvalue weighted by Gasteiger charge is -2.29. The third-order valence-electron chi connectivity index (χ3n) is 5.55. The summed E-state index contributed by atoms with van der Waals surface area (Å²) >= 11 is 0. The van der Waals surface area contributed by atoms with Gasteiger partial charge in [0.2, 0.25) is 0 Å². The zero-order valence-corrected chi connectivity index (χ0v) is 17.4. The Hall–Kier alpha value is -2.53. The maximum Gasteiger partial charge on any atom is 0.193 e. The van der Waals surface area contributed by atoms with E-state index in [2.05, 4.69) is 76.7 Å². The van der Waals surface area contributed by atoms with E-state index in [0.29, 0.717) is 5.92 Å². The molecule has 1 fully saturated rings. The molecule has 0 aromatic heterocycles. The molecule has 0 spiro atoms. The molecule has 0 saturated carbocycles. The number of likely N-dealkylation sites (tertiary alicyclic amines) is 1. The van der Waals surface area contributed by atoms with Crippen molar-refractivity contribution in [2.24, 2.45) is 4.99 Å². The fraction of sp³-hybridized carbons (Fsp3) is 0.435. The van der Waals surface area contributed by atoms with Crippen LogP contribution >= 0.6 is 0 Å². The first kappa shape index (κ1) is 20.2. The molecule has 150 valence electrons. The predicted molar refractivity (Wildman–Crippen MR) is 116 cm³/mol. The summed E-state index contributed by atoms with van der Waals surface area (Å²) in [5.41, 5.74) is 2.60. The molecule has 0 radical (unpaired) electrons. The van der Waals surface area contributed by atoms with E-state index >= 15 is 0 Å². The second kappa shape index (κ2) is 9.60. The van der Waals surface area contributed by atoms with Crippen LogP contribution in [-0.4, -0.2) is 63.6 Å². The lowest BCUT2D eigenvalue weighted by Crippen LogP contribution is -2.43. The fourth-order valence-electron chi connectivity index (χ4n) is 3.98. The Morgan fingerprint density at radius 1 is 1.18 bits per heavy atom. The van der Waals surface area contributed by atoms with Crippen molar-refractivity contribution in [2.75, 3.05) is 47.9 Å². The normalized spacial score (nSPS) is 18.4. The smallest absolute Gasteiger partial charge is 0.193 e. The van der Waals surface area contributed by atoms with Crippen molar-refractivity contribution in [2.45, 2.75) is 18.4 Å². The van der Waals surface area contributed by atoms with Crippen molar-refractivity contribution in [3.63, 3.8) is 0 Å². The van der Waals surface area contributed by atoms with Gasteiger partial charge in [-0.3, -0.25) is 4.99 Å². The van der Waals surface area contributed by atoms with Crippen LogP contribution in [0.25, 0.3) is 0 Å². The molecule has 28 heavy (non-hydrogen) atoms. The van der Waals surface area contributed by atoms with Gasteiger partial charge in [-0.1, -0.05) is 48.5 Å². The average molecular weight is 381 g/mol. The number of hydrogen-bond donors (Lipinski definition) is 1. The predicted octanol–water partition coefficient (Wildman–Crippen LogP) is 3.36. The van der Waals surface area contributed by atoms with Crippen LogP contribution in [0.1, 0.15) is 29.5 Å². The number of nitrogens with zero attached hydrogens (tertiary/aromatic N) is 3. The van der Waals surface area contributed by atoms with Crippen LogP contribution in [0.3, 0.4) is 0 Å². The van der Waals surface area contributed by atoms with Crippen molar-refractivity contribution >= 4 is 5.96 Å². The highest BCUT2D eigenvalue weighted by atomic mass is 16.5. The second-order valence-electron chi connectivity index (χ2n) is 7.49. The lowest BCUT2D eigenvalue weighted by atomic mass is 9.99. The van der Waals surface area contributed by atoms with Crippen molar-refractivity contribution in [1.29, 1.82) is 0 Å². The molecule has 0 bridgehead atoms. The molecule has 3 rings (SSSR count).